The summed E-state index contributed by atoms with van der Waals surface area (Å²) < 4.78 is 0. The zero-order valence-corrected chi connectivity index (χ0v) is 10.5. The molecule has 0 aromatic rings. The molecule has 1 saturated carbocycles. The fraction of sp³-hybridized carbons (Fsp3) is 0.833. The van der Waals surface area contributed by atoms with Gasteiger partial charge in [0.05, 0.1) is 0 Å². The molecule has 1 heterocycles. The van der Waals surface area contributed by atoms with E-state index < -0.39 is 6.23 Å². The van der Waals surface area contributed by atoms with Crippen molar-refractivity contribution in [2.75, 3.05) is 6.54 Å². The number of hydrogen-bond donors (Lipinski definition) is 2. The lowest BCUT2D eigenvalue weighted by Gasteiger charge is -2.27. The monoisotopic (exact) mass is 239 g/mol. The van der Waals surface area contributed by atoms with Crippen molar-refractivity contribution in [3.05, 3.63) is 0 Å². The SMILES string of the molecule is CC1CC(CN)(CC2=NOC(C=O)N2)CC1C. The van der Waals surface area contributed by atoms with E-state index in [0.717, 1.165) is 25.1 Å². The Balaban J connectivity index is 1.99. The Hall–Kier alpha value is -1.10. The van der Waals surface area contributed by atoms with Gasteiger partial charge in [0.2, 0.25) is 0 Å². The summed E-state index contributed by atoms with van der Waals surface area (Å²) in [4.78, 5) is 15.5. The van der Waals surface area contributed by atoms with Crippen molar-refractivity contribution in [3.63, 3.8) is 0 Å². The molecular formula is C12H21N3O2. The van der Waals surface area contributed by atoms with Crippen LogP contribution < -0.4 is 11.1 Å². The molecule has 0 bridgehead atoms. The van der Waals surface area contributed by atoms with Crippen LogP contribution >= 0.6 is 0 Å². The Morgan fingerprint density at radius 2 is 2.18 bits per heavy atom. The number of hydrogen-bond acceptors (Lipinski definition) is 5. The first-order chi connectivity index (χ1) is 8.08. The van der Waals surface area contributed by atoms with Crippen LogP contribution in [-0.4, -0.2) is 24.9 Å². The van der Waals surface area contributed by atoms with Gasteiger partial charge in [0.25, 0.3) is 6.23 Å². The van der Waals surface area contributed by atoms with E-state index in [-0.39, 0.29) is 5.41 Å². The zero-order chi connectivity index (χ0) is 12.5. The Morgan fingerprint density at radius 3 is 2.65 bits per heavy atom. The third-order valence-corrected chi connectivity index (χ3v) is 4.17. The minimum atomic E-state index is -0.615. The van der Waals surface area contributed by atoms with Gasteiger partial charge in [-0.1, -0.05) is 19.0 Å². The van der Waals surface area contributed by atoms with Crippen molar-refractivity contribution in [2.45, 2.75) is 39.3 Å². The lowest BCUT2D eigenvalue weighted by molar-refractivity contribution is -0.117. The van der Waals surface area contributed by atoms with Crippen LogP contribution in [0.4, 0.5) is 0 Å². The number of nitrogens with one attached hydrogen (secondary N) is 1. The first-order valence-electron chi connectivity index (χ1n) is 6.23. The van der Waals surface area contributed by atoms with Gasteiger partial charge in [0.15, 0.2) is 6.29 Å². The third kappa shape index (κ3) is 2.44. The van der Waals surface area contributed by atoms with Crippen LogP contribution in [0.5, 0.6) is 0 Å². The molecule has 3 N–H and O–H groups in total. The van der Waals surface area contributed by atoms with Crippen molar-refractivity contribution >= 4 is 12.1 Å². The number of rotatable bonds is 4. The first-order valence-corrected chi connectivity index (χ1v) is 6.23. The zero-order valence-electron chi connectivity index (χ0n) is 10.5. The molecule has 3 unspecified atom stereocenters. The predicted molar refractivity (Wildman–Crippen MR) is 65.2 cm³/mol. The summed E-state index contributed by atoms with van der Waals surface area (Å²) in [6.07, 6.45) is 3.12. The maximum absolute atomic E-state index is 10.6. The summed E-state index contributed by atoms with van der Waals surface area (Å²) in [6.45, 7) is 5.21. The molecule has 0 spiro atoms. The Labute approximate surface area is 102 Å². The van der Waals surface area contributed by atoms with Crippen molar-refractivity contribution in [3.8, 4) is 0 Å². The molecule has 2 rings (SSSR count). The molecule has 1 aliphatic heterocycles. The minimum absolute atomic E-state index is 0.117. The predicted octanol–water partition coefficient (Wildman–Crippen LogP) is 0.846. The summed E-state index contributed by atoms with van der Waals surface area (Å²) in [5.74, 6) is 2.15. The second-order valence-corrected chi connectivity index (χ2v) is 5.59. The van der Waals surface area contributed by atoms with Gasteiger partial charge in [-0.25, -0.2) is 0 Å². The van der Waals surface area contributed by atoms with Crippen molar-refractivity contribution < 1.29 is 9.63 Å². The molecular weight excluding hydrogens is 218 g/mol. The Bertz CT molecular complexity index is 320. The van der Waals surface area contributed by atoms with Crippen LogP contribution in [0.2, 0.25) is 0 Å². The molecule has 0 aromatic carbocycles. The van der Waals surface area contributed by atoms with Crippen LogP contribution in [-0.2, 0) is 9.63 Å². The molecule has 0 amide bonds. The molecule has 0 radical (unpaired) electrons. The summed E-state index contributed by atoms with van der Waals surface area (Å²) in [5, 5.41) is 6.87. The molecule has 17 heavy (non-hydrogen) atoms. The Morgan fingerprint density at radius 1 is 1.53 bits per heavy atom. The van der Waals surface area contributed by atoms with Gasteiger partial charge in [0.1, 0.15) is 5.84 Å². The van der Waals surface area contributed by atoms with E-state index in [0.29, 0.717) is 24.7 Å². The second-order valence-electron chi connectivity index (χ2n) is 5.59. The maximum Gasteiger partial charge on any atom is 0.254 e. The quantitative estimate of drug-likeness (QED) is 0.713. The van der Waals surface area contributed by atoms with Crippen LogP contribution in [0.25, 0.3) is 0 Å². The lowest BCUT2D eigenvalue weighted by Crippen LogP contribution is -2.37. The summed E-state index contributed by atoms with van der Waals surface area (Å²) in [5.41, 5.74) is 6.06. The summed E-state index contributed by atoms with van der Waals surface area (Å²) >= 11 is 0. The number of amidine groups is 1. The van der Waals surface area contributed by atoms with Crippen molar-refractivity contribution in [1.29, 1.82) is 0 Å². The number of carbonyl (C=O) groups is 1. The van der Waals surface area contributed by atoms with E-state index in [1.165, 1.54) is 0 Å². The highest BCUT2D eigenvalue weighted by Crippen LogP contribution is 2.47. The van der Waals surface area contributed by atoms with E-state index in [4.69, 9.17) is 10.6 Å². The molecule has 5 nitrogen and oxygen atoms in total. The van der Waals surface area contributed by atoms with E-state index in [1.54, 1.807) is 0 Å². The number of nitrogens with two attached hydrogens (primary N) is 1. The van der Waals surface area contributed by atoms with Crippen LogP contribution in [0.1, 0.15) is 33.1 Å². The van der Waals surface area contributed by atoms with E-state index in [2.05, 4.69) is 24.3 Å². The van der Waals surface area contributed by atoms with Gasteiger partial charge in [-0.2, -0.15) is 0 Å². The maximum atomic E-state index is 10.6. The van der Waals surface area contributed by atoms with Crippen LogP contribution in [0.15, 0.2) is 5.16 Å². The number of nitrogens with zero attached hydrogens (tertiary/aromatic N) is 1. The number of oxime groups is 1. The number of aldehydes is 1. The summed E-state index contributed by atoms with van der Waals surface area (Å²) in [6, 6.07) is 0. The van der Waals surface area contributed by atoms with E-state index >= 15 is 0 Å². The average molecular weight is 239 g/mol. The smallest absolute Gasteiger partial charge is 0.254 e. The largest absolute Gasteiger partial charge is 0.361 e. The highest BCUT2D eigenvalue weighted by Gasteiger charge is 2.42. The normalized spacial score (nSPS) is 40.6. The number of carbonyl (C=O) groups excluding carboxylic acids is 1. The molecule has 0 saturated heterocycles. The van der Waals surface area contributed by atoms with Crippen molar-refractivity contribution in [1.82, 2.24) is 5.32 Å². The first kappa shape index (κ1) is 12.4. The highest BCUT2D eigenvalue weighted by atomic mass is 16.7. The minimum Gasteiger partial charge on any atom is -0.361 e. The van der Waals surface area contributed by atoms with Crippen LogP contribution in [0.3, 0.4) is 0 Å². The van der Waals surface area contributed by atoms with Crippen LogP contribution in [0, 0.1) is 17.3 Å². The van der Waals surface area contributed by atoms with Gasteiger partial charge >= 0.3 is 0 Å². The van der Waals surface area contributed by atoms with Gasteiger partial charge in [-0.3, -0.25) is 4.79 Å². The highest BCUT2D eigenvalue weighted by molar-refractivity contribution is 5.86. The van der Waals surface area contributed by atoms with E-state index in [9.17, 15) is 4.79 Å². The molecule has 2 aliphatic rings. The molecule has 1 fully saturated rings. The summed E-state index contributed by atoms with van der Waals surface area (Å²) in [7, 11) is 0. The third-order valence-electron chi connectivity index (χ3n) is 4.17. The van der Waals surface area contributed by atoms with Gasteiger partial charge in [-0.05, 0) is 36.6 Å². The molecule has 3 atom stereocenters. The average Bonchev–Trinajstić information content (AvgIpc) is 2.86. The van der Waals surface area contributed by atoms with Gasteiger partial charge in [-0.15, -0.1) is 0 Å². The Kier molecular flexibility index (Phi) is 3.38. The lowest BCUT2D eigenvalue weighted by atomic mass is 9.81. The second kappa shape index (κ2) is 4.64. The van der Waals surface area contributed by atoms with Crippen molar-refractivity contribution in [2.24, 2.45) is 28.1 Å². The topological polar surface area (TPSA) is 76.7 Å². The van der Waals surface area contributed by atoms with E-state index in [1.807, 2.05) is 0 Å². The van der Waals surface area contributed by atoms with Gasteiger partial charge < -0.3 is 15.9 Å². The molecule has 0 aromatic heterocycles. The molecule has 96 valence electrons. The fourth-order valence-electron chi connectivity index (χ4n) is 3.07. The van der Waals surface area contributed by atoms with Gasteiger partial charge in [0, 0.05) is 6.42 Å². The molecule has 1 aliphatic carbocycles. The fourth-order valence-corrected chi connectivity index (χ4v) is 3.07. The standard InChI is InChI=1S/C12H21N3O2/c1-8-3-12(7-13,4-9(8)2)5-10-14-11(6-16)17-15-10/h6,8-9,11H,3-5,7,13H2,1-2H3,(H,14,15). The molecule has 5 heteroatoms.